The number of carbonyl (C=O) groups is 1. The molecule has 1 heterocycles. The highest BCUT2D eigenvalue weighted by Gasteiger charge is 2.18. The summed E-state index contributed by atoms with van der Waals surface area (Å²) >= 11 is 6.27. The molecule has 0 bridgehead atoms. The second-order valence-electron chi connectivity index (χ2n) is 6.79. The lowest BCUT2D eigenvalue weighted by Gasteiger charge is -2.07. The van der Waals surface area contributed by atoms with Crippen LogP contribution in [0.1, 0.15) is 12.2 Å². The van der Waals surface area contributed by atoms with Crippen LogP contribution in [0.4, 0.5) is 0 Å². The molecule has 3 rings (SSSR count). The average Bonchev–Trinajstić information content (AvgIpc) is 3.15. The van der Waals surface area contributed by atoms with Gasteiger partial charge in [0.2, 0.25) is 15.9 Å². The van der Waals surface area contributed by atoms with Crippen molar-refractivity contribution in [1.29, 1.82) is 0 Å². The molecule has 0 unspecified atom stereocenters. The minimum absolute atomic E-state index is 0.00871. The summed E-state index contributed by atoms with van der Waals surface area (Å²) in [5.41, 5.74) is 2.05. The van der Waals surface area contributed by atoms with Crippen molar-refractivity contribution in [1.82, 2.24) is 5.06 Å². The molecule has 0 saturated heterocycles. The van der Waals surface area contributed by atoms with Crippen molar-refractivity contribution in [3.8, 4) is 28.2 Å². The molecule has 0 aliphatic rings. The molecular weight excluding hydrogens is 444 g/mol. The number of sulfonamides is 1. The van der Waals surface area contributed by atoms with Gasteiger partial charge in [0.05, 0.1) is 17.0 Å². The maximum absolute atomic E-state index is 11.7. The fourth-order valence-corrected chi connectivity index (χ4v) is 3.79. The molecule has 0 aliphatic heterocycles. The second kappa shape index (κ2) is 9.11. The standard InChI is InChI=1S/C21H21ClN2O6S/c1-24(26)20(25)10-6-15-12-17(13-3-7-16(8-4-13)31(23,27)28)21(30-15)14-5-9-19(29-2)18(22)11-14/h3-5,7-9,11-12,26H,6,10H2,1-2H3,(H2,23,27,28). The second-order valence-corrected chi connectivity index (χ2v) is 8.76. The molecule has 2 aromatic carbocycles. The Hall–Kier alpha value is -2.85. The van der Waals surface area contributed by atoms with Gasteiger partial charge in [0.1, 0.15) is 17.3 Å². The zero-order valence-corrected chi connectivity index (χ0v) is 18.4. The van der Waals surface area contributed by atoms with E-state index < -0.39 is 15.9 Å². The van der Waals surface area contributed by atoms with Gasteiger partial charge in [0.25, 0.3) is 0 Å². The topological polar surface area (TPSA) is 123 Å². The van der Waals surface area contributed by atoms with Gasteiger partial charge in [-0.3, -0.25) is 10.0 Å². The van der Waals surface area contributed by atoms with E-state index >= 15 is 0 Å². The summed E-state index contributed by atoms with van der Waals surface area (Å²) in [6.45, 7) is 0. The van der Waals surface area contributed by atoms with Crippen molar-refractivity contribution < 1.29 is 27.6 Å². The Balaban J connectivity index is 2.05. The quantitative estimate of drug-likeness (QED) is 0.406. The van der Waals surface area contributed by atoms with Crippen LogP contribution in [0.2, 0.25) is 5.02 Å². The van der Waals surface area contributed by atoms with Crippen molar-refractivity contribution in [2.45, 2.75) is 17.7 Å². The summed E-state index contributed by atoms with van der Waals surface area (Å²) in [5, 5.41) is 15.4. The molecule has 31 heavy (non-hydrogen) atoms. The number of methoxy groups -OCH3 is 1. The van der Waals surface area contributed by atoms with Crippen molar-refractivity contribution in [2.75, 3.05) is 14.2 Å². The van der Waals surface area contributed by atoms with Crippen LogP contribution in [0.15, 0.2) is 57.8 Å². The molecule has 8 nitrogen and oxygen atoms in total. The number of carbonyl (C=O) groups excluding carboxylic acids is 1. The number of furan rings is 1. The first-order valence-electron chi connectivity index (χ1n) is 9.15. The molecule has 3 aromatic rings. The minimum atomic E-state index is -3.82. The van der Waals surface area contributed by atoms with Crippen LogP contribution < -0.4 is 9.88 Å². The first kappa shape index (κ1) is 22.8. The third-order valence-electron chi connectivity index (χ3n) is 4.64. The third kappa shape index (κ3) is 5.26. The lowest BCUT2D eigenvalue weighted by atomic mass is 10.0. The highest BCUT2D eigenvalue weighted by molar-refractivity contribution is 7.89. The normalized spacial score (nSPS) is 11.4. The highest BCUT2D eigenvalue weighted by atomic mass is 35.5. The number of amides is 1. The molecule has 0 fully saturated rings. The minimum Gasteiger partial charge on any atom is -0.495 e. The van der Waals surface area contributed by atoms with Crippen molar-refractivity contribution >= 4 is 27.5 Å². The van der Waals surface area contributed by atoms with Crippen molar-refractivity contribution in [3.63, 3.8) is 0 Å². The van der Waals surface area contributed by atoms with Crippen molar-refractivity contribution in [3.05, 3.63) is 59.3 Å². The van der Waals surface area contributed by atoms with E-state index in [0.29, 0.717) is 44.0 Å². The van der Waals surface area contributed by atoms with E-state index in [2.05, 4.69) is 0 Å². The van der Waals surface area contributed by atoms with E-state index in [1.165, 1.54) is 26.3 Å². The number of hydroxylamine groups is 2. The predicted molar refractivity (Wildman–Crippen MR) is 115 cm³/mol. The molecule has 0 saturated carbocycles. The fraction of sp³-hybridized carbons (Fsp3) is 0.190. The van der Waals surface area contributed by atoms with E-state index in [4.69, 9.17) is 25.9 Å². The zero-order chi connectivity index (χ0) is 22.8. The van der Waals surface area contributed by atoms with Gasteiger partial charge in [-0.15, -0.1) is 0 Å². The van der Waals surface area contributed by atoms with Crippen LogP contribution in [0, 0.1) is 0 Å². The first-order valence-corrected chi connectivity index (χ1v) is 11.1. The number of hydrogen-bond donors (Lipinski definition) is 2. The van der Waals surface area contributed by atoms with E-state index in [1.807, 2.05) is 0 Å². The largest absolute Gasteiger partial charge is 0.495 e. The molecule has 164 valence electrons. The Bertz CT molecular complexity index is 1200. The van der Waals surface area contributed by atoms with Gasteiger partial charge in [0.15, 0.2) is 0 Å². The SMILES string of the molecule is COc1ccc(-c2oc(CCC(=O)N(C)O)cc2-c2ccc(S(N)(=O)=O)cc2)cc1Cl. The molecular formula is C21H21ClN2O6S. The first-order chi connectivity index (χ1) is 14.6. The van der Waals surface area contributed by atoms with Crippen LogP contribution in [0.25, 0.3) is 22.5 Å². The maximum Gasteiger partial charge on any atom is 0.246 e. The summed E-state index contributed by atoms with van der Waals surface area (Å²) in [6.07, 6.45) is 0.309. The van der Waals surface area contributed by atoms with Gasteiger partial charge in [0, 0.05) is 31.0 Å². The molecule has 0 atom stereocenters. The Morgan fingerprint density at radius 2 is 1.81 bits per heavy atom. The van der Waals surface area contributed by atoms with E-state index in [1.54, 1.807) is 36.4 Å². The molecule has 0 spiro atoms. The van der Waals surface area contributed by atoms with Crippen LogP contribution in [0.5, 0.6) is 5.75 Å². The summed E-state index contributed by atoms with van der Waals surface area (Å²) in [7, 11) is -1.05. The number of primary sulfonamides is 1. The van der Waals surface area contributed by atoms with Gasteiger partial charge in [-0.1, -0.05) is 23.7 Å². The van der Waals surface area contributed by atoms with E-state index in [0.717, 1.165) is 0 Å². The van der Waals surface area contributed by atoms with Gasteiger partial charge in [-0.25, -0.2) is 18.6 Å². The molecule has 3 N–H and O–H groups in total. The number of nitrogens with two attached hydrogens (primary N) is 1. The van der Waals surface area contributed by atoms with Crippen LogP contribution in [-0.4, -0.2) is 38.8 Å². The van der Waals surface area contributed by atoms with Crippen LogP contribution in [0.3, 0.4) is 0 Å². The Labute approximate surface area is 184 Å². The van der Waals surface area contributed by atoms with Gasteiger partial charge >= 0.3 is 0 Å². The monoisotopic (exact) mass is 464 g/mol. The summed E-state index contributed by atoms with van der Waals surface area (Å²) in [6, 6.07) is 13.0. The van der Waals surface area contributed by atoms with Crippen LogP contribution >= 0.6 is 11.6 Å². The summed E-state index contributed by atoms with van der Waals surface area (Å²) in [5.74, 6) is 1.06. The molecule has 1 aromatic heterocycles. The average molecular weight is 465 g/mol. The predicted octanol–water partition coefficient (Wildman–Crippen LogP) is 3.70. The number of benzene rings is 2. The van der Waals surface area contributed by atoms with Gasteiger partial charge in [-0.05, 0) is 42.0 Å². The number of halogens is 1. The molecule has 10 heteroatoms. The maximum atomic E-state index is 11.7. The summed E-state index contributed by atoms with van der Waals surface area (Å²) < 4.78 is 34.3. The molecule has 0 aliphatic carbocycles. The summed E-state index contributed by atoms with van der Waals surface area (Å²) in [4.78, 5) is 11.7. The third-order valence-corrected chi connectivity index (χ3v) is 5.86. The molecule has 0 radical (unpaired) electrons. The number of nitrogens with zero attached hydrogens (tertiary/aromatic N) is 1. The number of rotatable bonds is 7. The van der Waals surface area contributed by atoms with E-state index in [9.17, 15) is 18.4 Å². The highest BCUT2D eigenvalue weighted by Crippen LogP contribution is 2.38. The zero-order valence-electron chi connectivity index (χ0n) is 16.8. The number of ether oxygens (including phenoxy) is 1. The van der Waals surface area contributed by atoms with Gasteiger partial charge < -0.3 is 9.15 Å². The fourth-order valence-electron chi connectivity index (χ4n) is 3.02. The Morgan fingerprint density at radius 3 is 2.35 bits per heavy atom. The van der Waals surface area contributed by atoms with Crippen LogP contribution in [-0.2, 0) is 21.2 Å². The number of aryl methyl sites for hydroxylation is 1. The number of hydrogen-bond acceptors (Lipinski definition) is 6. The molecule has 1 amide bonds. The Kier molecular flexibility index (Phi) is 6.71. The van der Waals surface area contributed by atoms with Crippen molar-refractivity contribution in [2.24, 2.45) is 5.14 Å². The Morgan fingerprint density at radius 1 is 1.16 bits per heavy atom. The smallest absolute Gasteiger partial charge is 0.246 e. The lowest BCUT2D eigenvalue weighted by molar-refractivity contribution is -0.159. The lowest BCUT2D eigenvalue weighted by Crippen LogP contribution is -2.22. The van der Waals surface area contributed by atoms with Gasteiger partial charge in [-0.2, -0.15) is 0 Å². The van der Waals surface area contributed by atoms with E-state index in [-0.39, 0.29) is 17.7 Å².